The second kappa shape index (κ2) is 9.03. The average molecular weight is 509 g/mol. The van der Waals surface area contributed by atoms with Crippen molar-refractivity contribution in [3.8, 4) is 11.1 Å². The molecule has 4 nitrogen and oxygen atoms in total. The van der Waals surface area contributed by atoms with Crippen LogP contribution < -0.4 is 0 Å². The van der Waals surface area contributed by atoms with Crippen LogP contribution in [-0.4, -0.2) is 21.6 Å². The van der Waals surface area contributed by atoms with E-state index in [0.29, 0.717) is 21.5 Å². The third kappa shape index (κ3) is 4.07. The number of nitrogens with zero attached hydrogens (tertiary/aromatic N) is 3. The van der Waals surface area contributed by atoms with Gasteiger partial charge in [-0.2, -0.15) is 5.10 Å². The maximum absolute atomic E-state index is 12.6. The fourth-order valence-corrected chi connectivity index (χ4v) is 5.29. The lowest BCUT2D eigenvalue weighted by molar-refractivity contribution is -0.130. The van der Waals surface area contributed by atoms with E-state index in [-0.39, 0.29) is 11.9 Å². The SMILES string of the molecule is CC(=O)N1N=C(c2c(C)nc3ccc(Cl)cc3c2-c2ccccc2)C[C@H]1c1ccc(Cl)cc1Cl. The molecule has 34 heavy (non-hydrogen) atoms. The van der Waals surface area contributed by atoms with E-state index in [2.05, 4.69) is 12.1 Å². The van der Waals surface area contributed by atoms with Crippen LogP contribution in [0.1, 0.15) is 36.2 Å². The first-order valence-corrected chi connectivity index (χ1v) is 11.9. The second-order valence-electron chi connectivity index (χ2n) is 8.27. The van der Waals surface area contributed by atoms with Crippen LogP contribution in [-0.2, 0) is 4.79 Å². The minimum atomic E-state index is -0.338. The topological polar surface area (TPSA) is 45.6 Å². The lowest BCUT2D eigenvalue weighted by Crippen LogP contribution is -2.24. The molecular weight excluding hydrogens is 489 g/mol. The van der Waals surface area contributed by atoms with Gasteiger partial charge in [-0.3, -0.25) is 9.78 Å². The third-order valence-electron chi connectivity index (χ3n) is 6.03. The van der Waals surface area contributed by atoms with Crippen molar-refractivity contribution < 1.29 is 4.79 Å². The summed E-state index contributed by atoms with van der Waals surface area (Å²) >= 11 is 19.0. The molecule has 1 amide bonds. The highest BCUT2D eigenvalue weighted by Gasteiger charge is 2.34. The number of hydrogen-bond donors (Lipinski definition) is 0. The van der Waals surface area contributed by atoms with Crippen LogP contribution in [0.25, 0.3) is 22.0 Å². The number of benzene rings is 3. The van der Waals surface area contributed by atoms with Gasteiger partial charge in [0, 0.05) is 50.6 Å². The Hall–Kier alpha value is -2.92. The number of amides is 1. The number of hydrazone groups is 1. The predicted octanol–water partition coefficient (Wildman–Crippen LogP) is 7.87. The van der Waals surface area contributed by atoms with E-state index >= 15 is 0 Å². The van der Waals surface area contributed by atoms with Gasteiger partial charge < -0.3 is 0 Å². The average Bonchev–Trinajstić information content (AvgIpc) is 3.24. The Morgan fingerprint density at radius 2 is 1.65 bits per heavy atom. The number of carbonyl (C=O) groups is 1. The normalized spacial score (nSPS) is 15.6. The van der Waals surface area contributed by atoms with Crippen LogP contribution in [0.4, 0.5) is 0 Å². The first kappa shape index (κ1) is 22.9. The van der Waals surface area contributed by atoms with Crippen molar-refractivity contribution >= 4 is 57.3 Å². The van der Waals surface area contributed by atoms with Crippen LogP contribution in [0.3, 0.4) is 0 Å². The standard InChI is InChI=1S/C27H20Cl3N3O/c1-15-26(24-14-25(33(32-24)16(2)34)20-10-8-19(29)13-22(20)30)27(17-6-4-3-5-7-17)21-12-18(28)9-11-23(21)31-15/h3-13,25H,14H2,1-2H3/t25-/m0/s1. The molecule has 0 saturated heterocycles. The van der Waals surface area contributed by atoms with Gasteiger partial charge in [-0.1, -0.05) is 71.2 Å². The summed E-state index contributed by atoms with van der Waals surface area (Å²) in [6.07, 6.45) is 0.495. The zero-order valence-corrected chi connectivity index (χ0v) is 20.8. The minimum absolute atomic E-state index is 0.165. The van der Waals surface area contributed by atoms with Crippen LogP contribution in [0.2, 0.25) is 15.1 Å². The number of carbonyl (C=O) groups excluding carboxylic acids is 1. The Morgan fingerprint density at radius 1 is 0.941 bits per heavy atom. The molecule has 7 heteroatoms. The molecule has 0 N–H and O–H groups in total. The molecule has 0 bridgehead atoms. The van der Waals surface area contributed by atoms with Gasteiger partial charge in [0.2, 0.25) is 5.91 Å². The van der Waals surface area contributed by atoms with Crippen molar-refractivity contribution in [2.75, 3.05) is 0 Å². The molecule has 0 fully saturated rings. The first-order chi connectivity index (χ1) is 16.3. The van der Waals surface area contributed by atoms with Gasteiger partial charge in [-0.15, -0.1) is 0 Å². The van der Waals surface area contributed by atoms with E-state index in [0.717, 1.165) is 44.6 Å². The summed E-state index contributed by atoms with van der Waals surface area (Å²) in [5.74, 6) is -0.165. The summed E-state index contributed by atoms with van der Waals surface area (Å²) in [6.45, 7) is 3.48. The Balaban J connectivity index is 1.73. The van der Waals surface area contributed by atoms with Crippen molar-refractivity contribution in [3.63, 3.8) is 0 Å². The molecule has 5 rings (SSSR count). The molecule has 3 aromatic carbocycles. The Morgan fingerprint density at radius 3 is 2.35 bits per heavy atom. The fraction of sp³-hybridized carbons (Fsp3) is 0.148. The number of hydrogen-bond acceptors (Lipinski definition) is 3. The smallest absolute Gasteiger partial charge is 0.240 e. The second-order valence-corrected chi connectivity index (χ2v) is 9.55. The molecule has 0 radical (unpaired) electrons. The van der Waals surface area contributed by atoms with Crippen LogP contribution >= 0.6 is 34.8 Å². The quantitative estimate of drug-likeness (QED) is 0.283. The fourth-order valence-electron chi connectivity index (χ4n) is 4.58. The lowest BCUT2D eigenvalue weighted by Gasteiger charge is -2.21. The predicted molar refractivity (Wildman–Crippen MR) is 140 cm³/mol. The van der Waals surface area contributed by atoms with Gasteiger partial charge in [0.05, 0.1) is 17.3 Å². The summed E-state index contributed by atoms with van der Waals surface area (Å²) in [7, 11) is 0. The van der Waals surface area contributed by atoms with E-state index in [1.807, 2.05) is 49.4 Å². The van der Waals surface area contributed by atoms with Gasteiger partial charge in [0.15, 0.2) is 0 Å². The Kier molecular flexibility index (Phi) is 6.07. The highest BCUT2D eigenvalue weighted by atomic mass is 35.5. The molecule has 1 aliphatic heterocycles. The molecule has 1 aliphatic rings. The number of fused-ring (bicyclic) bond motifs is 1. The molecule has 0 aliphatic carbocycles. The largest absolute Gasteiger partial charge is 0.273 e. The van der Waals surface area contributed by atoms with Crippen LogP contribution in [0.15, 0.2) is 71.8 Å². The number of aryl methyl sites for hydroxylation is 1. The molecule has 4 aromatic rings. The van der Waals surface area contributed by atoms with Gasteiger partial charge in [-0.25, -0.2) is 5.01 Å². The first-order valence-electron chi connectivity index (χ1n) is 10.8. The number of halogens is 3. The maximum Gasteiger partial charge on any atom is 0.240 e. The Bertz CT molecular complexity index is 1470. The summed E-state index contributed by atoms with van der Waals surface area (Å²) in [5.41, 5.74) is 6.19. The third-order valence-corrected chi connectivity index (χ3v) is 6.83. The Labute approximate surface area is 212 Å². The van der Waals surface area contributed by atoms with Crippen LogP contribution in [0, 0.1) is 6.92 Å². The molecule has 1 aromatic heterocycles. The van der Waals surface area contributed by atoms with Crippen molar-refractivity contribution in [1.82, 2.24) is 9.99 Å². The van der Waals surface area contributed by atoms with E-state index in [1.54, 1.807) is 12.1 Å². The minimum Gasteiger partial charge on any atom is -0.273 e. The van der Waals surface area contributed by atoms with E-state index in [4.69, 9.17) is 44.9 Å². The molecule has 2 heterocycles. The highest BCUT2D eigenvalue weighted by molar-refractivity contribution is 6.35. The molecule has 0 spiro atoms. The van der Waals surface area contributed by atoms with Gasteiger partial charge in [0.1, 0.15) is 0 Å². The molecular formula is C27H20Cl3N3O. The summed E-state index contributed by atoms with van der Waals surface area (Å²) in [6, 6.07) is 20.8. The van der Waals surface area contributed by atoms with Crippen molar-refractivity contribution in [2.24, 2.45) is 5.10 Å². The van der Waals surface area contributed by atoms with Gasteiger partial charge in [0.25, 0.3) is 0 Å². The molecule has 0 unspecified atom stereocenters. The van der Waals surface area contributed by atoms with Crippen molar-refractivity contribution in [3.05, 3.63) is 98.6 Å². The van der Waals surface area contributed by atoms with Gasteiger partial charge >= 0.3 is 0 Å². The summed E-state index contributed by atoms with van der Waals surface area (Å²) in [5, 5.41) is 8.90. The van der Waals surface area contributed by atoms with E-state index < -0.39 is 0 Å². The number of rotatable bonds is 3. The summed E-state index contributed by atoms with van der Waals surface area (Å²) < 4.78 is 0. The lowest BCUT2D eigenvalue weighted by atomic mass is 9.89. The highest BCUT2D eigenvalue weighted by Crippen LogP contribution is 2.41. The zero-order chi connectivity index (χ0) is 24.0. The van der Waals surface area contributed by atoms with Crippen molar-refractivity contribution in [2.45, 2.75) is 26.3 Å². The monoisotopic (exact) mass is 507 g/mol. The number of pyridine rings is 1. The van der Waals surface area contributed by atoms with Crippen molar-refractivity contribution in [1.29, 1.82) is 0 Å². The van der Waals surface area contributed by atoms with E-state index in [1.165, 1.54) is 11.9 Å². The zero-order valence-electron chi connectivity index (χ0n) is 18.5. The molecule has 0 saturated carbocycles. The summed E-state index contributed by atoms with van der Waals surface area (Å²) in [4.78, 5) is 17.5. The van der Waals surface area contributed by atoms with Crippen LogP contribution in [0.5, 0.6) is 0 Å². The molecule has 170 valence electrons. The number of aromatic nitrogens is 1. The molecule has 1 atom stereocenters. The maximum atomic E-state index is 12.6. The van der Waals surface area contributed by atoms with Gasteiger partial charge in [-0.05, 0) is 48.4 Å². The van der Waals surface area contributed by atoms with E-state index in [9.17, 15) is 4.79 Å².